The van der Waals surface area contributed by atoms with Crippen molar-refractivity contribution in [2.45, 2.75) is 6.92 Å². The van der Waals surface area contributed by atoms with Crippen LogP contribution in [0.15, 0.2) is 10.5 Å². The van der Waals surface area contributed by atoms with Crippen molar-refractivity contribution in [1.82, 2.24) is 0 Å². The Morgan fingerprint density at radius 1 is 1.62 bits per heavy atom. The fourth-order valence-electron chi connectivity index (χ4n) is 1.07. The zero-order chi connectivity index (χ0) is 10.0. The van der Waals surface area contributed by atoms with Crippen molar-refractivity contribution in [3.63, 3.8) is 0 Å². The highest BCUT2D eigenvalue weighted by molar-refractivity contribution is 9.10. The summed E-state index contributed by atoms with van der Waals surface area (Å²) in [7, 11) is 1.44. The SMILES string of the molecule is COc1c(O)cc(C)c(C#N)c1Br. The number of aromatic hydroxyl groups is 1. The molecular formula is C9H8BrNO2. The molecule has 0 saturated carbocycles. The number of benzene rings is 1. The first-order valence-corrected chi connectivity index (χ1v) is 4.37. The van der Waals surface area contributed by atoms with E-state index in [-0.39, 0.29) is 5.75 Å². The van der Waals surface area contributed by atoms with Gasteiger partial charge in [-0.25, -0.2) is 0 Å². The van der Waals surface area contributed by atoms with Gasteiger partial charge in [0.2, 0.25) is 0 Å². The molecule has 0 heterocycles. The molecule has 1 rings (SSSR count). The van der Waals surface area contributed by atoms with Crippen molar-refractivity contribution < 1.29 is 9.84 Å². The minimum absolute atomic E-state index is 0.0332. The Kier molecular flexibility index (Phi) is 2.79. The minimum atomic E-state index is 0.0332. The van der Waals surface area contributed by atoms with Crippen LogP contribution in [-0.2, 0) is 0 Å². The summed E-state index contributed by atoms with van der Waals surface area (Å²) in [6.07, 6.45) is 0. The van der Waals surface area contributed by atoms with E-state index in [0.29, 0.717) is 21.3 Å². The molecule has 1 aromatic rings. The van der Waals surface area contributed by atoms with E-state index in [1.807, 2.05) is 6.07 Å². The van der Waals surface area contributed by atoms with Crippen molar-refractivity contribution in [3.8, 4) is 17.6 Å². The second-order valence-electron chi connectivity index (χ2n) is 2.55. The standard InChI is InChI=1S/C9H8BrNO2/c1-5-3-7(12)9(13-2)8(10)6(5)4-11/h3,12H,1-2H3. The number of nitriles is 1. The van der Waals surface area contributed by atoms with Gasteiger partial charge in [0.25, 0.3) is 0 Å². The molecule has 0 atom stereocenters. The van der Waals surface area contributed by atoms with Gasteiger partial charge in [-0.15, -0.1) is 0 Å². The third-order valence-corrected chi connectivity index (χ3v) is 2.47. The Morgan fingerprint density at radius 2 is 2.23 bits per heavy atom. The Labute approximate surface area is 84.7 Å². The van der Waals surface area contributed by atoms with E-state index in [9.17, 15) is 5.11 Å². The Balaban J connectivity index is 3.51. The highest BCUT2D eigenvalue weighted by Gasteiger charge is 2.13. The van der Waals surface area contributed by atoms with Gasteiger partial charge < -0.3 is 9.84 Å². The number of hydrogen-bond donors (Lipinski definition) is 1. The summed E-state index contributed by atoms with van der Waals surface area (Å²) in [6, 6.07) is 3.53. The number of ether oxygens (including phenoxy) is 1. The van der Waals surface area contributed by atoms with E-state index in [1.54, 1.807) is 6.92 Å². The van der Waals surface area contributed by atoms with Crippen molar-refractivity contribution in [2.24, 2.45) is 0 Å². The zero-order valence-electron chi connectivity index (χ0n) is 7.26. The van der Waals surface area contributed by atoms with Crippen LogP contribution in [0, 0.1) is 18.3 Å². The van der Waals surface area contributed by atoms with Crippen molar-refractivity contribution in [2.75, 3.05) is 7.11 Å². The quantitative estimate of drug-likeness (QED) is 0.822. The summed E-state index contributed by atoms with van der Waals surface area (Å²) in [6.45, 7) is 1.75. The van der Waals surface area contributed by atoms with Gasteiger partial charge >= 0.3 is 0 Å². The predicted octanol–water partition coefficient (Wildman–Crippen LogP) is 2.34. The number of hydrogen-bond acceptors (Lipinski definition) is 3. The molecule has 1 aromatic carbocycles. The Morgan fingerprint density at radius 3 is 2.69 bits per heavy atom. The summed E-state index contributed by atoms with van der Waals surface area (Å²) >= 11 is 3.20. The van der Waals surface area contributed by atoms with Crippen LogP contribution in [0.1, 0.15) is 11.1 Å². The molecule has 4 heteroatoms. The fraction of sp³-hybridized carbons (Fsp3) is 0.222. The average Bonchev–Trinajstić information content (AvgIpc) is 2.04. The van der Waals surface area contributed by atoms with E-state index in [4.69, 9.17) is 10.00 Å². The summed E-state index contributed by atoms with van der Waals surface area (Å²) in [4.78, 5) is 0. The van der Waals surface area contributed by atoms with E-state index >= 15 is 0 Å². The van der Waals surface area contributed by atoms with Gasteiger partial charge in [0.05, 0.1) is 17.1 Å². The minimum Gasteiger partial charge on any atom is -0.504 e. The maximum Gasteiger partial charge on any atom is 0.176 e. The molecule has 3 nitrogen and oxygen atoms in total. The smallest absolute Gasteiger partial charge is 0.176 e. The van der Waals surface area contributed by atoms with Gasteiger partial charge in [-0.3, -0.25) is 0 Å². The number of phenolic OH excluding ortho intramolecular Hbond substituents is 1. The molecule has 68 valence electrons. The number of aryl methyl sites for hydroxylation is 1. The second-order valence-corrected chi connectivity index (χ2v) is 3.34. The number of nitrogens with zero attached hydrogens (tertiary/aromatic N) is 1. The van der Waals surface area contributed by atoms with Crippen molar-refractivity contribution in [3.05, 3.63) is 21.7 Å². The van der Waals surface area contributed by atoms with Gasteiger partial charge in [0, 0.05) is 0 Å². The molecule has 0 spiro atoms. The van der Waals surface area contributed by atoms with Crippen LogP contribution in [-0.4, -0.2) is 12.2 Å². The average molecular weight is 242 g/mol. The predicted molar refractivity (Wildman–Crippen MR) is 51.8 cm³/mol. The normalized spacial score (nSPS) is 9.38. The summed E-state index contributed by atoms with van der Waals surface area (Å²) in [5.41, 5.74) is 1.20. The lowest BCUT2D eigenvalue weighted by Gasteiger charge is -2.08. The zero-order valence-corrected chi connectivity index (χ0v) is 8.84. The van der Waals surface area contributed by atoms with Gasteiger partial charge in [-0.2, -0.15) is 5.26 Å². The van der Waals surface area contributed by atoms with E-state index in [2.05, 4.69) is 15.9 Å². The molecule has 0 aliphatic heterocycles. The van der Waals surface area contributed by atoms with Crippen LogP contribution in [0.25, 0.3) is 0 Å². The maximum atomic E-state index is 9.43. The number of halogens is 1. The van der Waals surface area contributed by atoms with E-state index in [1.165, 1.54) is 13.2 Å². The van der Waals surface area contributed by atoms with Gasteiger partial charge in [0.1, 0.15) is 6.07 Å². The van der Waals surface area contributed by atoms with Gasteiger partial charge in [-0.1, -0.05) is 0 Å². The topological polar surface area (TPSA) is 53.2 Å². The van der Waals surface area contributed by atoms with E-state index in [0.717, 1.165) is 0 Å². The highest BCUT2D eigenvalue weighted by Crippen LogP contribution is 2.38. The Hall–Kier alpha value is -1.21. The van der Waals surface area contributed by atoms with Crippen molar-refractivity contribution >= 4 is 15.9 Å². The molecule has 0 aliphatic carbocycles. The number of rotatable bonds is 1. The van der Waals surface area contributed by atoms with Crippen LogP contribution in [0.4, 0.5) is 0 Å². The van der Waals surface area contributed by atoms with Crippen LogP contribution >= 0.6 is 15.9 Å². The second kappa shape index (κ2) is 3.67. The first kappa shape index (κ1) is 9.87. The lowest BCUT2D eigenvalue weighted by Crippen LogP contribution is -1.91. The number of phenols is 1. The lowest BCUT2D eigenvalue weighted by atomic mass is 10.1. The first-order valence-electron chi connectivity index (χ1n) is 3.58. The fourth-order valence-corrected chi connectivity index (χ4v) is 1.84. The summed E-state index contributed by atoms with van der Waals surface area (Å²) in [5, 5.41) is 18.2. The molecule has 0 unspecified atom stereocenters. The molecule has 0 aliphatic rings. The molecule has 0 amide bonds. The van der Waals surface area contributed by atoms with Crippen LogP contribution in [0.5, 0.6) is 11.5 Å². The largest absolute Gasteiger partial charge is 0.504 e. The van der Waals surface area contributed by atoms with Crippen LogP contribution in [0.3, 0.4) is 0 Å². The molecule has 0 radical (unpaired) electrons. The molecule has 13 heavy (non-hydrogen) atoms. The third kappa shape index (κ3) is 1.61. The maximum absolute atomic E-state index is 9.43. The van der Waals surface area contributed by atoms with Crippen LogP contribution < -0.4 is 4.74 Å². The summed E-state index contributed by atoms with van der Waals surface area (Å²) in [5.74, 6) is 0.327. The molecule has 0 bridgehead atoms. The molecule has 0 fully saturated rings. The summed E-state index contributed by atoms with van der Waals surface area (Å²) < 4.78 is 5.42. The highest BCUT2D eigenvalue weighted by atomic mass is 79.9. The van der Waals surface area contributed by atoms with E-state index < -0.39 is 0 Å². The lowest BCUT2D eigenvalue weighted by molar-refractivity contribution is 0.370. The van der Waals surface area contributed by atoms with Crippen molar-refractivity contribution in [1.29, 1.82) is 5.26 Å². The first-order chi connectivity index (χ1) is 6.11. The van der Waals surface area contributed by atoms with Gasteiger partial charge in [0.15, 0.2) is 11.5 Å². The third-order valence-electron chi connectivity index (χ3n) is 1.71. The molecule has 0 saturated heterocycles. The molecular weight excluding hydrogens is 234 g/mol. The monoisotopic (exact) mass is 241 g/mol. The van der Waals surface area contributed by atoms with Crippen LogP contribution in [0.2, 0.25) is 0 Å². The molecule has 0 aromatic heterocycles. The molecule has 1 N–H and O–H groups in total. The van der Waals surface area contributed by atoms with Gasteiger partial charge in [-0.05, 0) is 34.5 Å². The Bertz CT molecular complexity index is 382. The number of methoxy groups -OCH3 is 1.